The molecule has 0 nitrogen and oxygen atoms in total. The Kier molecular flexibility index (Phi) is 10.8. The van der Waals surface area contributed by atoms with E-state index in [1.165, 1.54) is 51.1 Å². The van der Waals surface area contributed by atoms with Crippen molar-refractivity contribution in [3.05, 3.63) is 12.2 Å². The SMILES string of the molecule is CC(C)CC=CCP(C1CCCCC1)C1CCCCC1.[Pd]. The fraction of sp³-hybridized carbons (Fsp3) is 0.895. The maximum Gasteiger partial charge on any atom is 0 e. The summed E-state index contributed by atoms with van der Waals surface area (Å²) >= 11 is 0. The number of allylic oxidation sites excluding steroid dienone is 2. The summed E-state index contributed by atoms with van der Waals surface area (Å²) in [6.45, 7) is 4.66. The molecule has 21 heavy (non-hydrogen) atoms. The molecule has 126 valence electrons. The first-order valence-electron chi connectivity index (χ1n) is 9.18. The molecule has 2 fully saturated rings. The van der Waals surface area contributed by atoms with Gasteiger partial charge in [-0.25, -0.2) is 0 Å². The van der Waals surface area contributed by atoms with Crippen LogP contribution in [-0.2, 0) is 20.4 Å². The molecule has 0 bridgehead atoms. The number of rotatable bonds is 6. The third-order valence-corrected chi connectivity index (χ3v) is 8.72. The number of hydrogen-bond donors (Lipinski definition) is 0. The standard InChI is InChI=1S/C19H35P.Pd/c1-17(2)11-9-10-16-20(18-12-5-3-6-13-18)19-14-7-4-8-15-19;/h9-10,17-19H,3-8,11-16H2,1-2H3;. The first kappa shape index (κ1) is 19.9. The maximum atomic E-state index is 2.56. The molecule has 2 heteroatoms. The average Bonchev–Trinajstić information content (AvgIpc) is 2.49. The Morgan fingerprint density at radius 2 is 1.29 bits per heavy atom. The van der Waals surface area contributed by atoms with Gasteiger partial charge in [-0.15, -0.1) is 0 Å². The third-order valence-electron chi connectivity index (χ3n) is 5.18. The molecular formula is C19H35PPd. The van der Waals surface area contributed by atoms with E-state index in [4.69, 9.17) is 0 Å². The van der Waals surface area contributed by atoms with Crippen LogP contribution in [0, 0.1) is 5.92 Å². The quantitative estimate of drug-likeness (QED) is 0.263. The van der Waals surface area contributed by atoms with Crippen molar-refractivity contribution in [1.82, 2.24) is 0 Å². The molecular weight excluding hydrogens is 366 g/mol. The second kappa shape index (κ2) is 11.4. The van der Waals surface area contributed by atoms with Crippen LogP contribution in [0.2, 0.25) is 0 Å². The fourth-order valence-electron chi connectivity index (χ4n) is 3.99. The first-order chi connectivity index (χ1) is 9.77. The second-order valence-electron chi connectivity index (χ2n) is 7.38. The van der Waals surface area contributed by atoms with E-state index in [-0.39, 0.29) is 28.3 Å². The van der Waals surface area contributed by atoms with E-state index in [1.807, 2.05) is 0 Å². The van der Waals surface area contributed by atoms with E-state index in [9.17, 15) is 0 Å². The summed E-state index contributed by atoms with van der Waals surface area (Å²) < 4.78 is 0. The third kappa shape index (κ3) is 7.29. The van der Waals surface area contributed by atoms with E-state index in [2.05, 4.69) is 26.0 Å². The minimum Gasteiger partial charge on any atom is -0.0965 e. The Hall–Kier alpha value is 0.832. The molecule has 0 radical (unpaired) electrons. The zero-order valence-electron chi connectivity index (χ0n) is 14.1. The molecule has 0 unspecified atom stereocenters. The predicted molar refractivity (Wildman–Crippen MR) is 94.1 cm³/mol. The van der Waals surface area contributed by atoms with E-state index in [0.717, 1.165) is 17.2 Å². The molecule has 2 saturated carbocycles. The Labute approximate surface area is 148 Å². The van der Waals surface area contributed by atoms with Crippen molar-refractivity contribution in [1.29, 1.82) is 0 Å². The van der Waals surface area contributed by atoms with Crippen LogP contribution in [0.1, 0.15) is 84.5 Å². The summed E-state index contributed by atoms with van der Waals surface area (Å²) in [5, 5.41) is 0. The van der Waals surface area contributed by atoms with Gasteiger partial charge in [-0.05, 0) is 55.5 Å². The van der Waals surface area contributed by atoms with Gasteiger partial charge >= 0.3 is 0 Å². The molecule has 0 atom stereocenters. The summed E-state index contributed by atoms with van der Waals surface area (Å²) in [5.41, 5.74) is 2.23. The van der Waals surface area contributed by atoms with Gasteiger partial charge in [0.15, 0.2) is 0 Å². The summed E-state index contributed by atoms with van der Waals surface area (Å²) in [7, 11) is 0.285. The van der Waals surface area contributed by atoms with Crippen LogP contribution in [0.25, 0.3) is 0 Å². The Bertz CT molecular complexity index is 257. The fourth-order valence-corrected chi connectivity index (χ4v) is 7.63. The topological polar surface area (TPSA) is 0 Å². The maximum absolute atomic E-state index is 2.56. The summed E-state index contributed by atoms with van der Waals surface area (Å²) in [6.07, 6.45) is 23.1. The van der Waals surface area contributed by atoms with Gasteiger partial charge < -0.3 is 0 Å². The molecule has 0 N–H and O–H groups in total. The average molecular weight is 401 g/mol. The Balaban J connectivity index is 0.00000220. The van der Waals surface area contributed by atoms with Crippen LogP contribution in [0.3, 0.4) is 0 Å². The van der Waals surface area contributed by atoms with Gasteiger partial charge in [0.05, 0.1) is 0 Å². The van der Waals surface area contributed by atoms with E-state index in [0.29, 0.717) is 0 Å². The van der Waals surface area contributed by atoms with Crippen LogP contribution < -0.4 is 0 Å². The van der Waals surface area contributed by atoms with Gasteiger partial charge in [-0.3, -0.25) is 0 Å². The van der Waals surface area contributed by atoms with Crippen LogP contribution >= 0.6 is 7.92 Å². The normalized spacial score (nSPS) is 22.1. The zero-order valence-corrected chi connectivity index (χ0v) is 16.6. The molecule has 0 heterocycles. The van der Waals surface area contributed by atoms with Crippen LogP contribution in [-0.4, -0.2) is 17.5 Å². The minimum absolute atomic E-state index is 0. The van der Waals surface area contributed by atoms with Gasteiger partial charge in [0, 0.05) is 20.4 Å². The molecule has 0 aromatic carbocycles. The van der Waals surface area contributed by atoms with Crippen molar-refractivity contribution in [3.8, 4) is 0 Å². The summed E-state index contributed by atoms with van der Waals surface area (Å²) in [5.74, 6) is 0.821. The van der Waals surface area contributed by atoms with Crippen molar-refractivity contribution in [2.24, 2.45) is 5.92 Å². The van der Waals surface area contributed by atoms with E-state index in [1.54, 1.807) is 25.7 Å². The van der Waals surface area contributed by atoms with E-state index < -0.39 is 0 Å². The molecule has 0 spiro atoms. The van der Waals surface area contributed by atoms with Crippen molar-refractivity contribution in [3.63, 3.8) is 0 Å². The second-order valence-corrected chi connectivity index (χ2v) is 10.2. The molecule has 2 aliphatic rings. The van der Waals surface area contributed by atoms with Crippen LogP contribution in [0.5, 0.6) is 0 Å². The largest absolute Gasteiger partial charge is 0.0965 e. The van der Waals surface area contributed by atoms with Crippen LogP contribution in [0.4, 0.5) is 0 Å². The minimum atomic E-state index is 0. The van der Waals surface area contributed by atoms with Crippen molar-refractivity contribution >= 4 is 7.92 Å². The molecule has 0 aromatic heterocycles. The molecule has 0 saturated heterocycles. The number of hydrogen-bond acceptors (Lipinski definition) is 0. The van der Waals surface area contributed by atoms with Gasteiger partial charge in [0.25, 0.3) is 0 Å². The summed E-state index contributed by atoms with van der Waals surface area (Å²) in [6, 6.07) is 0. The van der Waals surface area contributed by atoms with Gasteiger partial charge in [0.2, 0.25) is 0 Å². The smallest absolute Gasteiger partial charge is 0 e. The van der Waals surface area contributed by atoms with Gasteiger partial charge in [0.1, 0.15) is 0 Å². The van der Waals surface area contributed by atoms with Gasteiger partial charge in [-0.1, -0.05) is 72.4 Å². The Morgan fingerprint density at radius 3 is 1.71 bits per heavy atom. The molecule has 2 aliphatic carbocycles. The Morgan fingerprint density at radius 1 is 0.810 bits per heavy atom. The predicted octanol–water partition coefficient (Wildman–Crippen LogP) is 6.73. The van der Waals surface area contributed by atoms with E-state index >= 15 is 0 Å². The van der Waals surface area contributed by atoms with Gasteiger partial charge in [-0.2, -0.15) is 0 Å². The first-order valence-corrected chi connectivity index (χ1v) is 10.8. The van der Waals surface area contributed by atoms with Crippen molar-refractivity contribution in [2.75, 3.05) is 6.16 Å². The molecule has 0 aromatic rings. The van der Waals surface area contributed by atoms with Crippen molar-refractivity contribution in [2.45, 2.75) is 95.8 Å². The summed E-state index contributed by atoms with van der Waals surface area (Å²) in [4.78, 5) is 0. The van der Waals surface area contributed by atoms with Crippen molar-refractivity contribution < 1.29 is 20.4 Å². The molecule has 2 rings (SSSR count). The zero-order chi connectivity index (χ0) is 14.2. The van der Waals surface area contributed by atoms with Crippen LogP contribution in [0.15, 0.2) is 12.2 Å². The monoisotopic (exact) mass is 400 g/mol. The molecule has 0 amide bonds. The molecule has 0 aliphatic heterocycles.